The maximum absolute atomic E-state index is 12.6. The molecule has 0 radical (unpaired) electrons. The highest BCUT2D eigenvalue weighted by Crippen LogP contribution is 2.28. The second-order valence-electron chi connectivity index (χ2n) is 12.2. The first-order valence-electron chi connectivity index (χ1n) is 16.9. The van der Waals surface area contributed by atoms with Crippen molar-refractivity contribution in [2.75, 3.05) is 39.0 Å². The van der Waals surface area contributed by atoms with Crippen molar-refractivity contribution in [2.45, 2.75) is 124 Å². The second-order valence-corrected chi connectivity index (χ2v) is 13.6. The van der Waals surface area contributed by atoms with E-state index in [4.69, 9.17) is 18.9 Å². The molecule has 1 saturated heterocycles. The summed E-state index contributed by atoms with van der Waals surface area (Å²) in [5.74, 6) is -3.27. The molecule has 0 spiro atoms. The molecule has 0 saturated carbocycles. The van der Waals surface area contributed by atoms with Crippen LogP contribution in [0, 0.1) is 0 Å². The summed E-state index contributed by atoms with van der Waals surface area (Å²) in [4.78, 5) is 35.9. The normalized spacial score (nSPS) is 21.2. The van der Waals surface area contributed by atoms with Gasteiger partial charge in [-0.05, 0) is 37.8 Å². The van der Waals surface area contributed by atoms with Crippen LogP contribution >= 0.6 is 0 Å². The highest BCUT2D eigenvalue weighted by atomic mass is 32.2. The van der Waals surface area contributed by atoms with Crippen LogP contribution in [-0.4, -0.2) is 105 Å². The average molecular weight is 687 g/mol. The third-order valence-electron chi connectivity index (χ3n) is 8.13. The fourth-order valence-electron chi connectivity index (χ4n) is 5.73. The molecule has 0 aliphatic carbocycles. The van der Waals surface area contributed by atoms with Crippen LogP contribution in [0.25, 0.3) is 0 Å². The Balaban J connectivity index is 0.000000554. The van der Waals surface area contributed by atoms with E-state index in [0.717, 1.165) is 13.8 Å². The minimum absolute atomic E-state index is 0.280. The van der Waals surface area contributed by atoms with Crippen LogP contribution in [0.2, 0.25) is 0 Å². The van der Waals surface area contributed by atoms with E-state index in [2.05, 4.69) is 33.0 Å². The van der Waals surface area contributed by atoms with E-state index in [0.29, 0.717) is 0 Å². The Bertz CT molecular complexity index is 1130. The van der Waals surface area contributed by atoms with Crippen molar-refractivity contribution in [2.24, 2.45) is 0 Å². The number of ether oxygens (including phenoxy) is 4. The number of methoxy groups -OCH3 is 1. The van der Waals surface area contributed by atoms with E-state index in [9.17, 15) is 27.4 Å². The molecule has 1 aromatic carbocycles. The number of unbranched alkanes of at least 4 members (excludes halogenated alkanes) is 4. The molecule has 1 N–H and O–H groups in total. The van der Waals surface area contributed by atoms with Crippen molar-refractivity contribution in [3.8, 4) is 0 Å². The Morgan fingerprint density at radius 3 is 1.64 bits per heavy atom. The van der Waals surface area contributed by atoms with Crippen LogP contribution in [0.5, 0.6) is 0 Å². The summed E-state index contributed by atoms with van der Waals surface area (Å²) in [6, 6.07) is 6.89. The number of carbonyl (C=O) groups excluding carboxylic acids is 3. The van der Waals surface area contributed by atoms with Gasteiger partial charge in [-0.1, -0.05) is 71.6 Å². The summed E-state index contributed by atoms with van der Waals surface area (Å²) in [7, 11) is -3.59. The molecule has 1 aliphatic heterocycles. The Morgan fingerprint density at radius 2 is 1.26 bits per heavy atom. The molecule has 5 atom stereocenters. The van der Waals surface area contributed by atoms with Gasteiger partial charge in [0, 0.05) is 26.5 Å². The number of amides is 1. The number of rotatable bonds is 19. The zero-order chi connectivity index (χ0) is 35.5. The van der Waals surface area contributed by atoms with Crippen molar-refractivity contribution < 1.29 is 50.8 Å². The predicted octanol–water partition coefficient (Wildman–Crippen LogP) is 4.57. The lowest BCUT2D eigenvalue weighted by Gasteiger charge is -2.45. The summed E-state index contributed by atoms with van der Waals surface area (Å²) in [6.07, 6.45) is 5.40. The molecular weight excluding hydrogens is 628 g/mol. The van der Waals surface area contributed by atoms with Gasteiger partial charge in [-0.25, -0.2) is 8.42 Å². The fourth-order valence-corrected chi connectivity index (χ4v) is 6.40. The fraction of sp³-hybridized carbons (Fsp3) is 0.735. The van der Waals surface area contributed by atoms with Crippen molar-refractivity contribution >= 4 is 28.0 Å². The van der Waals surface area contributed by atoms with Crippen LogP contribution in [0.15, 0.2) is 30.3 Å². The molecule has 0 aromatic heterocycles. The zero-order valence-corrected chi connectivity index (χ0v) is 30.2. The number of nitrogens with one attached hydrogen (secondary N) is 1. The van der Waals surface area contributed by atoms with E-state index in [1.165, 1.54) is 101 Å². The number of benzene rings is 1. The third kappa shape index (κ3) is 15.9. The minimum atomic E-state index is -4.81. The Kier molecular flexibility index (Phi) is 20.0. The highest BCUT2D eigenvalue weighted by molar-refractivity contribution is 7.85. The predicted molar refractivity (Wildman–Crippen MR) is 178 cm³/mol. The molecule has 1 heterocycles. The lowest BCUT2D eigenvalue weighted by atomic mass is 9.96. The highest BCUT2D eigenvalue weighted by Gasteiger charge is 2.51. The quantitative estimate of drug-likeness (QED) is 0.124. The van der Waals surface area contributed by atoms with Gasteiger partial charge in [-0.3, -0.25) is 14.4 Å². The molecule has 1 aromatic rings. The summed E-state index contributed by atoms with van der Waals surface area (Å²) in [5, 5.41) is 2.59. The number of esters is 2. The molecular formula is C34H58N2O10S. The smallest absolute Gasteiger partial charge is 0.303 e. The molecule has 47 heavy (non-hydrogen) atoms. The molecule has 0 unspecified atom stereocenters. The minimum Gasteiger partial charge on any atom is -0.748 e. The molecule has 12 nitrogen and oxygen atoms in total. The zero-order valence-electron chi connectivity index (χ0n) is 29.4. The SMILES string of the molecule is CCCC[N+](CCCC)(CCCC)CCCC.CO[C@H]1O[C@H](CS(=O)(=O)[O-])[C@@H](OC(C)=O)[C@H](OC(C)=O)[C@H]1NC(=O)c1ccccc1. The second kappa shape index (κ2) is 22.1. The van der Waals surface area contributed by atoms with E-state index in [1.54, 1.807) is 18.2 Å². The maximum Gasteiger partial charge on any atom is 0.303 e. The number of nitrogens with zero attached hydrogens (tertiary/aromatic N) is 1. The van der Waals surface area contributed by atoms with E-state index >= 15 is 0 Å². The van der Waals surface area contributed by atoms with Gasteiger partial charge in [0.25, 0.3) is 5.91 Å². The summed E-state index contributed by atoms with van der Waals surface area (Å²) in [6.45, 7) is 17.1. The summed E-state index contributed by atoms with van der Waals surface area (Å²) >= 11 is 0. The number of hydrogen-bond donors (Lipinski definition) is 1. The van der Waals surface area contributed by atoms with Crippen molar-refractivity contribution in [3.63, 3.8) is 0 Å². The van der Waals surface area contributed by atoms with E-state index in [1.807, 2.05) is 0 Å². The van der Waals surface area contributed by atoms with Gasteiger partial charge in [-0.15, -0.1) is 0 Å². The van der Waals surface area contributed by atoms with Crippen LogP contribution in [0.1, 0.15) is 103 Å². The third-order valence-corrected chi connectivity index (χ3v) is 8.87. The molecule has 13 heteroatoms. The van der Waals surface area contributed by atoms with Crippen LogP contribution in [0.3, 0.4) is 0 Å². The lowest BCUT2D eigenvalue weighted by Crippen LogP contribution is -2.66. The molecule has 270 valence electrons. The van der Waals surface area contributed by atoms with Gasteiger partial charge in [-0.2, -0.15) is 0 Å². The van der Waals surface area contributed by atoms with Crippen molar-refractivity contribution in [1.82, 2.24) is 5.32 Å². The van der Waals surface area contributed by atoms with Gasteiger partial charge >= 0.3 is 11.9 Å². The van der Waals surface area contributed by atoms with E-state index < -0.39 is 64.4 Å². The maximum atomic E-state index is 12.6. The van der Waals surface area contributed by atoms with Crippen molar-refractivity contribution in [1.29, 1.82) is 0 Å². The Hall–Kier alpha value is -2.58. The summed E-state index contributed by atoms with van der Waals surface area (Å²) < 4.78 is 56.4. The molecule has 0 bridgehead atoms. The van der Waals surface area contributed by atoms with Crippen LogP contribution in [-0.2, 0) is 38.7 Å². The molecule has 1 fully saturated rings. The van der Waals surface area contributed by atoms with Gasteiger partial charge in [0.1, 0.15) is 12.1 Å². The first-order chi connectivity index (χ1) is 22.3. The Labute approximate surface area is 282 Å². The topological polar surface area (TPSA) is 157 Å². The van der Waals surface area contributed by atoms with Gasteiger partial charge < -0.3 is 33.3 Å². The van der Waals surface area contributed by atoms with Crippen molar-refractivity contribution in [3.05, 3.63) is 35.9 Å². The number of hydrogen-bond acceptors (Lipinski definition) is 10. The summed E-state index contributed by atoms with van der Waals surface area (Å²) in [5.41, 5.74) is 0.280. The van der Waals surface area contributed by atoms with Crippen LogP contribution < -0.4 is 5.32 Å². The molecule has 1 aliphatic rings. The van der Waals surface area contributed by atoms with Crippen LogP contribution in [0.4, 0.5) is 0 Å². The van der Waals surface area contributed by atoms with Gasteiger partial charge in [0.2, 0.25) is 0 Å². The lowest BCUT2D eigenvalue weighted by molar-refractivity contribution is -0.929. The van der Waals surface area contributed by atoms with Gasteiger partial charge in [0.15, 0.2) is 18.5 Å². The number of carbonyl (C=O) groups is 3. The Morgan fingerprint density at radius 1 is 0.809 bits per heavy atom. The monoisotopic (exact) mass is 686 g/mol. The van der Waals surface area contributed by atoms with Gasteiger partial charge in [0.05, 0.1) is 42.1 Å². The first-order valence-corrected chi connectivity index (χ1v) is 18.5. The first kappa shape index (κ1) is 42.4. The molecule has 2 rings (SSSR count). The van der Waals surface area contributed by atoms with E-state index in [-0.39, 0.29) is 5.56 Å². The molecule has 1 amide bonds. The largest absolute Gasteiger partial charge is 0.748 e. The average Bonchev–Trinajstić information content (AvgIpc) is 3.02. The number of quaternary nitrogens is 1. The standard InChI is InChI=1S/C18H23NO10S.C16H36N/c1-10(20)27-15-13(9-30(23,24)25)29-18(26-3)14(16(15)28-11(2)21)19-17(22)12-7-5-4-6-8-12;1-5-9-13-17(14-10-6-2,15-11-7-3)16-12-8-4/h4-8,13-16,18H,9H2,1-3H3,(H,19,22)(H,23,24,25);5-16H2,1-4H3/q;+1/p-1/t13-,14-,15-,16-,18+;/m1./s1.